The Labute approximate surface area is 103 Å². The van der Waals surface area contributed by atoms with E-state index in [1.165, 1.54) is 0 Å². The number of carbonyl (C=O) groups excluding carboxylic acids is 1. The number of aliphatic imine (C=N–C) groups is 1. The Morgan fingerprint density at radius 1 is 1.53 bits per heavy atom. The van der Waals surface area contributed by atoms with E-state index < -0.39 is 5.54 Å². The number of para-hydroxylation sites is 1. The lowest BCUT2D eigenvalue weighted by molar-refractivity contribution is 0.556. The van der Waals surface area contributed by atoms with Gasteiger partial charge in [-0.2, -0.15) is 10.1 Å². The summed E-state index contributed by atoms with van der Waals surface area (Å²) in [5, 5.41) is 5.58. The monoisotopic (exact) mass is 247 g/mol. The van der Waals surface area contributed by atoms with Gasteiger partial charge in [0.1, 0.15) is 5.54 Å². The summed E-state index contributed by atoms with van der Waals surface area (Å²) in [6.45, 7) is 0. The zero-order valence-corrected chi connectivity index (χ0v) is 10.0. The average Bonchev–Trinajstić information content (AvgIpc) is 3.03. The van der Waals surface area contributed by atoms with Crippen LogP contribution in [0.25, 0.3) is 10.9 Å². The first-order valence-corrected chi connectivity index (χ1v) is 5.76. The number of aromatic nitrogens is 2. The van der Waals surface area contributed by atoms with Crippen LogP contribution in [-0.4, -0.2) is 15.9 Å². The number of benzene rings is 1. The molecule has 2 aromatic rings. The second-order valence-electron chi connectivity index (χ2n) is 4.35. The Morgan fingerprint density at radius 2 is 2.29 bits per heavy atom. The summed E-state index contributed by atoms with van der Waals surface area (Å²) >= 11 is 6.06. The highest BCUT2D eigenvalue weighted by molar-refractivity contribution is 6.34. The third-order valence-corrected chi connectivity index (χ3v) is 3.58. The molecule has 0 saturated heterocycles. The van der Waals surface area contributed by atoms with Crippen LogP contribution < -0.4 is 0 Å². The molecule has 0 bridgehead atoms. The molecule has 1 aliphatic rings. The Morgan fingerprint density at radius 3 is 2.94 bits per heavy atom. The third kappa shape index (κ3) is 1.42. The van der Waals surface area contributed by atoms with Crippen molar-refractivity contribution >= 4 is 28.6 Å². The number of rotatable bonds is 2. The van der Waals surface area contributed by atoms with Crippen LogP contribution in [0.4, 0.5) is 0 Å². The summed E-state index contributed by atoms with van der Waals surface area (Å²) < 4.78 is 1.74. The van der Waals surface area contributed by atoms with Gasteiger partial charge in [-0.05, 0) is 18.9 Å². The predicted molar refractivity (Wildman–Crippen MR) is 64.8 cm³/mol. The van der Waals surface area contributed by atoms with Crippen molar-refractivity contribution < 1.29 is 4.79 Å². The molecule has 1 aromatic carbocycles. The fourth-order valence-electron chi connectivity index (χ4n) is 2.32. The first-order valence-electron chi connectivity index (χ1n) is 5.39. The number of nitrogens with zero attached hydrogens (tertiary/aromatic N) is 3. The molecular formula is C12H10ClN3O. The fraction of sp³-hybridized carbons (Fsp3) is 0.333. The maximum Gasteiger partial charge on any atom is 0.235 e. The van der Waals surface area contributed by atoms with Crippen LogP contribution in [0.3, 0.4) is 0 Å². The molecular weight excluding hydrogens is 238 g/mol. The van der Waals surface area contributed by atoms with E-state index in [1.807, 2.05) is 25.2 Å². The summed E-state index contributed by atoms with van der Waals surface area (Å²) in [5.74, 6) is 0. The summed E-state index contributed by atoms with van der Waals surface area (Å²) in [6, 6.07) is 5.83. The molecule has 3 rings (SSSR count). The maximum atomic E-state index is 10.5. The van der Waals surface area contributed by atoms with Gasteiger partial charge in [-0.1, -0.05) is 23.7 Å². The van der Waals surface area contributed by atoms with Crippen molar-refractivity contribution in [2.45, 2.75) is 18.4 Å². The van der Waals surface area contributed by atoms with E-state index in [1.54, 1.807) is 10.8 Å². The molecule has 5 heteroatoms. The van der Waals surface area contributed by atoms with E-state index in [0.29, 0.717) is 5.15 Å². The normalized spacial score (nSPS) is 16.8. The topological polar surface area (TPSA) is 47.2 Å². The lowest BCUT2D eigenvalue weighted by atomic mass is 10.0. The number of hydrogen-bond acceptors (Lipinski definition) is 3. The van der Waals surface area contributed by atoms with Gasteiger partial charge in [0.15, 0.2) is 5.15 Å². The van der Waals surface area contributed by atoms with Crippen LogP contribution in [0.2, 0.25) is 5.15 Å². The summed E-state index contributed by atoms with van der Waals surface area (Å²) in [7, 11) is 1.85. The largest absolute Gasteiger partial charge is 0.266 e. The number of halogens is 1. The zero-order chi connectivity index (χ0) is 12.0. The molecule has 1 fully saturated rings. The number of aryl methyl sites for hydroxylation is 1. The molecule has 17 heavy (non-hydrogen) atoms. The molecule has 1 aromatic heterocycles. The van der Waals surface area contributed by atoms with E-state index in [4.69, 9.17) is 11.6 Å². The second kappa shape index (κ2) is 3.42. The molecule has 0 spiro atoms. The van der Waals surface area contributed by atoms with Gasteiger partial charge >= 0.3 is 0 Å². The number of isocyanates is 1. The SMILES string of the molecule is Cn1nc(Cl)c2cccc(C3(N=C=O)CC3)c21. The van der Waals surface area contributed by atoms with Gasteiger partial charge < -0.3 is 0 Å². The Balaban J connectivity index is 2.34. The van der Waals surface area contributed by atoms with Gasteiger partial charge in [-0.15, -0.1) is 0 Å². The first kappa shape index (κ1) is 10.5. The van der Waals surface area contributed by atoms with Gasteiger partial charge in [0.25, 0.3) is 0 Å². The molecule has 1 heterocycles. The standard InChI is InChI=1S/C12H10ClN3O/c1-16-10-8(11(13)15-16)3-2-4-9(10)12(5-6-12)14-7-17/h2-4H,5-6H2,1H3. The lowest BCUT2D eigenvalue weighted by Crippen LogP contribution is -2.05. The minimum Gasteiger partial charge on any atom is -0.266 e. The van der Waals surface area contributed by atoms with Crippen molar-refractivity contribution in [2.75, 3.05) is 0 Å². The molecule has 1 aliphatic carbocycles. The number of fused-ring (bicyclic) bond motifs is 1. The van der Waals surface area contributed by atoms with E-state index in [9.17, 15) is 4.79 Å². The molecule has 0 amide bonds. The Hall–Kier alpha value is -1.64. The van der Waals surface area contributed by atoms with Gasteiger partial charge in [-0.3, -0.25) is 4.68 Å². The molecule has 0 radical (unpaired) electrons. The summed E-state index contributed by atoms with van der Waals surface area (Å²) in [6.07, 6.45) is 3.43. The van der Waals surface area contributed by atoms with Crippen molar-refractivity contribution in [1.82, 2.24) is 9.78 Å². The van der Waals surface area contributed by atoms with Gasteiger partial charge in [0, 0.05) is 18.0 Å². The van der Waals surface area contributed by atoms with Crippen molar-refractivity contribution in [3.63, 3.8) is 0 Å². The minimum atomic E-state index is -0.390. The highest BCUT2D eigenvalue weighted by atomic mass is 35.5. The highest BCUT2D eigenvalue weighted by Crippen LogP contribution is 2.51. The second-order valence-corrected chi connectivity index (χ2v) is 4.71. The molecule has 86 valence electrons. The van der Waals surface area contributed by atoms with Crippen molar-refractivity contribution in [1.29, 1.82) is 0 Å². The van der Waals surface area contributed by atoms with Gasteiger partial charge in [0.05, 0.1) is 5.52 Å². The fourth-order valence-corrected chi connectivity index (χ4v) is 2.58. The molecule has 1 saturated carbocycles. The zero-order valence-electron chi connectivity index (χ0n) is 9.27. The van der Waals surface area contributed by atoms with Crippen molar-refractivity contribution in [3.05, 3.63) is 28.9 Å². The van der Waals surface area contributed by atoms with Crippen molar-refractivity contribution in [2.24, 2.45) is 12.0 Å². The molecule has 0 unspecified atom stereocenters. The van der Waals surface area contributed by atoms with E-state index in [-0.39, 0.29) is 0 Å². The van der Waals surface area contributed by atoms with Crippen LogP contribution >= 0.6 is 11.6 Å². The van der Waals surface area contributed by atoms with Crippen LogP contribution in [-0.2, 0) is 17.4 Å². The molecule has 0 atom stereocenters. The van der Waals surface area contributed by atoms with E-state index >= 15 is 0 Å². The molecule has 0 aliphatic heterocycles. The summed E-state index contributed by atoms with van der Waals surface area (Å²) in [4.78, 5) is 14.5. The Kier molecular flexibility index (Phi) is 2.12. The highest BCUT2D eigenvalue weighted by Gasteiger charge is 2.46. The molecule has 0 N–H and O–H groups in total. The van der Waals surface area contributed by atoms with E-state index in [2.05, 4.69) is 10.1 Å². The van der Waals surface area contributed by atoms with E-state index in [0.717, 1.165) is 29.3 Å². The van der Waals surface area contributed by atoms with Crippen LogP contribution in [0.5, 0.6) is 0 Å². The van der Waals surface area contributed by atoms with Gasteiger partial charge in [0.2, 0.25) is 6.08 Å². The van der Waals surface area contributed by atoms with Crippen LogP contribution in [0, 0.1) is 0 Å². The third-order valence-electron chi connectivity index (χ3n) is 3.30. The molecule has 4 nitrogen and oxygen atoms in total. The van der Waals surface area contributed by atoms with Gasteiger partial charge in [-0.25, -0.2) is 4.79 Å². The predicted octanol–water partition coefficient (Wildman–Crippen LogP) is 2.55. The first-order chi connectivity index (χ1) is 8.18. The van der Waals surface area contributed by atoms with Crippen LogP contribution in [0.1, 0.15) is 18.4 Å². The lowest BCUT2D eigenvalue weighted by Gasteiger charge is -2.10. The summed E-state index contributed by atoms with van der Waals surface area (Å²) in [5.41, 5.74) is 1.58. The van der Waals surface area contributed by atoms with Crippen LogP contribution in [0.15, 0.2) is 23.2 Å². The number of hydrogen-bond donors (Lipinski definition) is 0. The smallest absolute Gasteiger partial charge is 0.235 e. The maximum absolute atomic E-state index is 10.5. The average molecular weight is 248 g/mol. The van der Waals surface area contributed by atoms with Crippen molar-refractivity contribution in [3.8, 4) is 0 Å². The quantitative estimate of drug-likeness (QED) is 0.605. The minimum absolute atomic E-state index is 0.390. The Bertz CT molecular complexity index is 651.